The van der Waals surface area contributed by atoms with Gasteiger partial charge < -0.3 is 14.5 Å². The van der Waals surface area contributed by atoms with Crippen molar-refractivity contribution in [1.29, 1.82) is 0 Å². The molecule has 0 aliphatic carbocycles. The number of oxazole rings is 1. The second kappa shape index (κ2) is 9.91. The molecule has 0 spiro atoms. The summed E-state index contributed by atoms with van der Waals surface area (Å²) in [4.78, 5) is 40.4. The number of amides is 1. The van der Waals surface area contributed by atoms with Crippen molar-refractivity contribution in [3.8, 4) is 5.75 Å². The van der Waals surface area contributed by atoms with E-state index in [1.54, 1.807) is 24.3 Å². The van der Waals surface area contributed by atoms with Crippen LogP contribution < -0.4 is 26.0 Å². The van der Waals surface area contributed by atoms with E-state index >= 15 is 0 Å². The smallest absolute Gasteiger partial charge is 0.332 e. The summed E-state index contributed by atoms with van der Waals surface area (Å²) in [5, 5.41) is 2.66. The predicted octanol–water partition coefficient (Wildman–Crippen LogP) is 1.77. The fraction of sp³-hybridized carbons (Fsp3) is 0.182. The SMILES string of the molecule is COc1ccc(NS(=O)(=O)c2ccc3oc(SCC(=O)Nc4cc(=O)n(C)c(=O)n4C)nc3c2)cc1. The third kappa shape index (κ3) is 5.28. The van der Waals surface area contributed by atoms with E-state index in [9.17, 15) is 22.8 Å². The van der Waals surface area contributed by atoms with E-state index in [1.165, 1.54) is 39.4 Å². The van der Waals surface area contributed by atoms with Crippen molar-refractivity contribution >= 4 is 50.3 Å². The molecule has 0 saturated heterocycles. The summed E-state index contributed by atoms with van der Waals surface area (Å²) >= 11 is 0.973. The molecule has 0 saturated carbocycles. The second-order valence-electron chi connectivity index (χ2n) is 7.55. The van der Waals surface area contributed by atoms with Gasteiger partial charge in [-0.3, -0.25) is 23.4 Å². The molecule has 0 atom stereocenters. The lowest BCUT2D eigenvalue weighted by Gasteiger charge is -2.10. The number of anilines is 2. The van der Waals surface area contributed by atoms with Gasteiger partial charge in [-0.25, -0.2) is 18.2 Å². The fourth-order valence-corrected chi connectivity index (χ4v) is 4.86. The molecule has 2 aromatic carbocycles. The number of fused-ring (bicyclic) bond motifs is 1. The van der Waals surface area contributed by atoms with Crippen LogP contribution in [0.15, 0.2) is 72.7 Å². The molecule has 0 unspecified atom stereocenters. The number of rotatable bonds is 8. The number of aromatic nitrogens is 3. The summed E-state index contributed by atoms with van der Waals surface area (Å²) in [6.07, 6.45) is 0. The lowest BCUT2D eigenvalue weighted by Crippen LogP contribution is -2.38. The third-order valence-electron chi connectivity index (χ3n) is 5.11. The van der Waals surface area contributed by atoms with Crippen molar-refractivity contribution in [2.75, 3.05) is 22.9 Å². The van der Waals surface area contributed by atoms with Crippen molar-refractivity contribution in [1.82, 2.24) is 14.1 Å². The third-order valence-corrected chi connectivity index (χ3v) is 7.32. The molecule has 188 valence electrons. The first-order valence-electron chi connectivity index (χ1n) is 10.3. The highest BCUT2D eigenvalue weighted by molar-refractivity contribution is 7.99. The van der Waals surface area contributed by atoms with Crippen LogP contribution in [0.4, 0.5) is 11.5 Å². The minimum Gasteiger partial charge on any atom is -0.497 e. The molecular weight excluding hydrogens is 510 g/mol. The van der Waals surface area contributed by atoms with E-state index in [1.807, 2.05) is 0 Å². The second-order valence-corrected chi connectivity index (χ2v) is 10.2. The summed E-state index contributed by atoms with van der Waals surface area (Å²) < 4.78 is 40.8. The zero-order chi connectivity index (χ0) is 26.0. The van der Waals surface area contributed by atoms with E-state index in [0.717, 1.165) is 27.0 Å². The molecule has 4 aromatic rings. The summed E-state index contributed by atoms with van der Waals surface area (Å²) in [6, 6.07) is 11.8. The van der Waals surface area contributed by atoms with Gasteiger partial charge in [0.15, 0.2) is 5.58 Å². The summed E-state index contributed by atoms with van der Waals surface area (Å²) in [6.45, 7) is 0. The highest BCUT2D eigenvalue weighted by Gasteiger charge is 2.18. The van der Waals surface area contributed by atoms with Crippen molar-refractivity contribution in [2.24, 2.45) is 14.1 Å². The largest absolute Gasteiger partial charge is 0.497 e. The molecule has 14 heteroatoms. The van der Waals surface area contributed by atoms with Crippen molar-refractivity contribution in [2.45, 2.75) is 10.1 Å². The maximum Gasteiger partial charge on any atom is 0.332 e. The van der Waals surface area contributed by atoms with E-state index in [-0.39, 0.29) is 21.7 Å². The Kier molecular flexibility index (Phi) is 6.90. The molecule has 0 radical (unpaired) electrons. The lowest BCUT2D eigenvalue weighted by molar-refractivity contribution is -0.113. The number of benzene rings is 2. The van der Waals surface area contributed by atoms with Gasteiger partial charge in [-0.2, -0.15) is 0 Å². The topological polar surface area (TPSA) is 155 Å². The lowest BCUT2D eigenvalue weighted by atomic mass is 10.3. The number of ether oxygens (including phenoxy) is 1. The van der Waals surface area contributed by atoms with Gasteiger partial charge >= 0.3 is 5.69 Å². The molecule has 0 aliphatic rings. The van der Waals surface area contributed by atoms with Crippen LogP contribution >= 0.6 is 11.8 Å². The van der Waals surface area contributed by atoms with Crippen LogP contribution in [0.2, 0.25) is 0 Å². The molecule has 4 rings (SSSR count). The number of carbonyl (C=O) groups excluding carboxylic acids is 1. The van der Waals surface area contributed by atoms with Crippen molar-refractivity contribution in [3.05, 3.63) is 69.4 Å². The fourth-order valence-electron chi connectivity index (χ4n) is 3.15. The van der Waals surface area contributed by atoms with Crippen LogP contribution in [0.25, 0.3) is 11.1 Å². The summed E-state index contributed by atoms with van der Waals surface area (Å²) in [5.74, 6) is 0.0427. The van der Waals surface area contributed by atoms with Gasteiger partial charge in [-0.1, -0.05) is 11.8 Å². The average Bonchev–Trinajstić information content (AvgIpc) is 3.27. The number of nitrogens with one attached hydrogen (secondary N) is 2. The Balaban J connectivity index is 1.45. The number of hydrogen-bond acceptors (Lipinski definition) is 9. The molecule has 0 bridgehead atoms. The average molecular weight is 532 g/mol. The highest BCUT2D eigenvalue weighted by Crippen LogP contribution is 2.27. The number of nitrogens with zero attached hydrogens (tertiary/aromatic N) is 3. The van der Waals surface area contributed by atoms with Crippen LogP contribution in [-0.4, -0.2) is 41.3 Å². The maximum absolute atomic E-state index is 12.8. The van der Waals surface area contributed by atoms with Gasteiger partial charge in [-0.05, 0) is 42.5 Å². The normalized spacial score (nSPS) is 11.4. The maximum atomic E-state index is 12.8. The van der Waals surface area contributed by atoms with Crippen LogP contribution in [0.1, 0.15) is 0 Å². The molecule has 2 N–H and O–H groups in total. The Hall–Kier alpha value is -4.04. The molecule has 2 heterocycles. The minimum atomic E-state index is -3.89. The van der Waals surface area contributed by atoms with E-state index in [4.69, 9.17) is 9.15 Å². The number of sulfonamides is 1. The number of hydrogen-bond donors (Lipinski definition) is 2. The van der Waals surface area contributed by atoms with E-state index < -0.39 is 27.2 Å². The first-order chi connectivity index (χ1) is 17.1. The summed E-state index contributed by atoms with van der Waals surface area (Å²) in [7, 11) is 0.397. The predicted molar refractivity (Wildman–Crippen MR) is 134 cm³/mol. The molecule has 36 heavy (non-hydrogen) atoms. The zero-order valence-corrected chi connectivity index (χ0v) is 21.0. The Morgan fingerprint density at radius 2 is 1.81 bits per heavy atom. The highest BCUT2D eigenvalue weighted by atomic mass is 32.2. The van der Waals surface area contributed by atoms with Gasteiger partial charge in [0, 0.05) is 25.8 Å². The number of carbonyl (C=O) groups is 1. The first-order valence-corrected chi connectivity index (χ1v) is 12.8. The zero-order valence-electron chi connectivity index (χ0n) is 19.3. The monoisotopic (exact) mass is 531 g/mol. The molecule has 0 fully saturated rings. The van der Waals surface area contributed by atoms with Gasteiger partial charge in [0.2, 0.25) is 5.91 Å². The van der Waals surface area contributed by atoms with Gasteiger partial charge in [0.25, 0.3) is 20.8 Å². The van der Waals surface area contributed by atoms with Gasteiger partial charge in [-0.15, -0.1) is 0 Å². The van der Waals surface area contributed by atoms with E-state index in [2.05, 4.69) is 15.0 Å². The van der Waals surface area contributed by atoms with Crippen LogP contribution in [0.5, 0.6) is 5.75 Å². The Labute approximate surface area is 209 Å². The summed E-state index contributed by atoms with van der Waals surface area (Å²) in [5.41, 5.74) is -0.115. The van der Waals surface area contributed by atoms with Crippen LogP contribution in [0, 0.1) is 0 Å². The quantitative estimate of drug-likeness (QED) is 0.324. The first kappa shape index (κ1) is 25.1. The number of thioether (sulfide) groups is 1. The molecule has 2 aromatic heterocycles. The van der Waals surface area contributed by atoms with Crippen LogP contribution in [-0.2, 0) is 28.9 Å². The molecule has 1 amide bonds. The standard InChI is InChI=1S/C22H21N5O7S2/c1-26-18(11-20(29)27(2)22(26)30)24-19(28)12-35-21-23-16-10-15(8-9-17(16)34-21)36(31,32)25-13-4-6-14(33-3)7-5-13/h4-11,25H,12H2,1-3H3,(H,24,28). The van der Waals surface area contributed by atoms with E-state index in [0.29, 0.717) is 22.5 Å². The minimum absolute atomic E-state index is 0.0139. The van der Waals surface area contributed by atoms with Gasteiger partial charge in [0.05, 0.1) is 17.8 Å². The number of methoxy groups -OCH3 is 1. The van der Waals surface area contributed by atoms with Crippen molar-refractivity contribution < 1.29 is 22.4 Å². The Morgan fingerprint density at radius 1 is 1.08 bits per heavy atom. The molecule has 0 aliphatic heterocycles. The Morgan fingerprint density at radius 3 is 2.50 bits per heavy atom. The van der Waals surface area contributed by atoms with Crippen LogP contribution in [0.3, 0.4) is 0 Å². The molecule has 12 nitrogen and oxygen atoms in total. The molecular formula is C22H21N5O7S2. The van der Waals surface area contributed by atoms with Gasteiger partial charge in [0.1, 0.15) is 17.1 Å². The Bertz CT molecular complexity index is 1670. The van der Waals surface area contributed by atoms with Crippen molar-refractivity contribution in [3.63, 3.8) is 0 Å².